The van der Waals surface area contributed by atoms with Gasteiger partial charge in [0.25, 0.3) is 5.91 Å². The van der Waals surface area contributed by atoms with Crippen LogP contribution in [0, 0.1) is 0 Å². The molecule has 1 atom stereocenters. The minimum Gasteiger partial charge on any atom is -0.481 e. The lowest BCUT2D eigenvalue weighted by Gasteiger charge is -2.12. The molecule has 5 heteroatoms. The number of carbonyl (C=O) groups is 1. The van der Waals surface area contributed by atoms with Gasteiger partial charge in [-0.15, -0.1) is 0 Å². The van der Waals surface area contributed by atoms with Gasteiger partial charge in [-0.2, -0.15) is 5.10 Å². The Bertz CT molecular complexity index is 612. The summed E-state index contributed by atoms with van der Waals surface area (Å²) in [6, 6.07) is 16.3. The van der Waals surface area contributed by atoms with Crippen LogP contribution in [0.3, 0.4) is 0 Å². The number of nitrogens with one attached hydrogen (secondary N) is 1. The topological polar surface area (TPSA) is 50.7 Å². The molecule has 0 radical (unpaired) electrons. The number of rotatable bonds is 5. The van der Waals surface area contributed by atoms with Gasteiger partial charge in [0.2, 0.25) is 0 Å². The van der Waals surface area contributed by atoms with Gasteiger partial charge < -0.3 is 4.74 Å². The molecule has 0 aromatic heterocycles. The van der Waals surface area contributed by atoms with E-state index in [1.165, 1.54) is 0 Å². The molecular weight excluding hydrogens is 288 g/mol. The zero-order chi connectivity index (χ0) is 15.1. The molecule has 21 heavy (non-hydrogen) atoms. The van der Waals surface area contributed by atoms with Gasteiger partial charge >= 0.3 is 0 Å². The fourth-order valence-corrected chi connectivity index (χ4v) is 1.70. The highest BCUT2D eigenvalue weighted by Gasteiger charge is 2.13. The van der Waals surface area contributed by atoms with Crippen LogP contribution in [-0.4, -0.2) is 18.2 Å². The summed E-state index contributed by atoms with van der Waals surface area (Å²) in [5.74, 6) is 0.256. The second kappa shape index (κ2) is 7.45. The van der Waals surface area contributed by atoms with E-state index in [1.54, 1.807) is 37.4 Å². The van der Waals surface area contributed by atoms with Crippen molar-refractivity contribution in [3.63, 3.8) is 0 Å². The Morgan fingerprint density at radius 3 is 2.52 bits per heavy atom. The Balaban J connectivity index is 1.85. The monoisotopic (exact) mass is 302 g/mol. The van der Waals surface area contributed by atoms with Gasteiger partial charge in [-0.3, -0.25) is 4.79 Å². The Hall–Kier alpha value is -2.33. The van der Waals surface area contributed by atoms with Gasteiger partial charge in [0.15, 0.2) is 6.10 Å². The lowest BCUT2D eigenvalue weighted by molar-refractivity contribution is -0.127. The quantitative estimate of drug-likeness (QED) is 0.681. The molecule has 0 saturated carbocycles. The molecule has 0 aliphatic carbocycles. The molecule has 0 fully saturated rings. The number of nitrogens with zero attached hydrogens (tertiary/aromatic N) is 1. The van der Waals surface area contributed by atoms with Crippen LogP contribution >= 0.6 is 11.6 Å². The van der Waals surface area contributed by atoms with Gasteiger partial charge in [-0.25, -0.2) is 5.43 Å². The van der Waals surface area contributed by atoms with E-state index in [9.17, 15) is 4.79 Å². The van der Waals surface area contributed by atoms with E-state index in [2.05, 4.69) is 10.5 Å². The predicted molar refractivity (Wildman–Crippen MR) is 83.7 cm³/mol. The van der Waals surface area contributed by atoms with Crippen molar-refractivity contribution in [3.05, 3.63) is 65.2 Å². The normalized spacial score (nSPS) is 12.1. The zero-order valence-electron chi connectivity index (χ0n) is 11.5. The van der Waals surface area contributed by atoms with Crippen LogP contribution in [0.2, 0.25) is 5.02 Å². The van der Waals surface area contributed by atoms with E-state index in [4.69, 9.17) is 16.3 Å². The average molecular weight is 303 g/mol. The third kappa shape index (κ3) is 4.93. The minimum absolute atomic E-state index is 0.322. The largest absolute Gasteiger partial charge is 0.481 e. The highest BCUT2D eigenvalue weighted by Crippen LogP contribution is 2.16. The summed E-state index contributed by atoms with van der Waals surface area (Å²) in [4.78, 5) is 11.8. The van der Waals surface area contributed by atoms with E-state index in [-0.39, 0.29) is 5.91 Å². The van der Waals surface area contributed by atoms with Gasteiger partial charge in [0, 0.05) is 5.02 Å². The maximum Gasteiger partial charge on any atom is 0.280 e. The van der Waals surface area contributed by atoms with Crippen molar-refractivity contribution in [2.45, 2.75) is 13.0 Å². The first kappa shape index (κ1) is 15.1. The van der Waals surface area contributed by atoms with Crippen LogP contribution in [0.4, 0.5) is 0 Å². The van der Waals surface area contributed by atoms with Crippen molar-refractivity contribution in [2.24, 2.45) is 5.10 Å². The molecule has 4 nitrogen and oxygen atoms in total. The Labute approximate surface area is 128 Å². The number of hydrogen-bond acceptors (Lipinski definition) is 3. The molecule has 0 aliphatic heterocycles. The fourth-order valence-electron chi connectivity index (χ4n) is 1.57. The number of hydrogen-bond donors (Lipinski definition) is 1. The maximum atomic E-state index is 11.8. The van der Waals surface area contributed by atoms with Crippen LogP contribution in [-0.2, 0) is 4.79 Å². The van der Waals surface area contributed by atoms with Crippen LogP contribution in [0.25, 0.3) is 0 Å². The second-order valence-corrected chi connectivity index (χ2v) is 4.80. The van der Waals surface area contributed by atoms with Gasteiger partial charge in [0.1, 0.15) is 5.75 Å². The van der Waals surface area contributed by atoms with Crippen molar-refractivity contribution >= 4 is 23.7 Å². The van der Waals surface area contributed by atoms with Gasteiger partial charge in [-0.1, -0.05) is 41.9 Å². The summed E-state index contributed by atoms with van der Waals surface area (Å²) in [7, 11) is 0. The van der Waals surface area contributed by atoms with Crippen LogP contribution < -0.4 is 10.2 Å². The molecule has 0 unspecified atom stereocenters. The van der Waals surface area contributed by atoms with E-state index in [1.807, 2.05) is 30.3 Å². The van der Waals surface area contributed by atoms with Crippen LogP contribution in [0.5, 0.6) is 5.75 Å². The predicted octanol–water partition coefficient (Wildman–Crippen LogP) is 3.26. The third-order valence-corrected chi connectivity index (χ3v) is 2.94. The SMILES string of the molecule is C[C@H](Oc1ccc(Cl)cc1)C(=O)N/N=C/c1ccccc1. The molecule has 2 aromatic carbocycles. The molecule has 0 heterocycles. The molecule has 0 bridgehead atoms. The van der Waals surface area contributed by atoms with Crippen molar-refractivity contribution in [2.75, 3.05) is 0 Å². The van der Waals surface area contributed by atoms with E-state index in [0.29, 0.717) is 10.8 Å². The third-order valence-electron chi connectivity index (χ3n) is 2.68. The molecule has 108 valence electrons. The van der Waals surface area contributed by atoms with Crippen molar-refractivity contribution in [1.82, 2.24) is 5.43 Å². The highest BCUT2D eigenvalue weighted by molar-refractivity contribution is 6.30. The smallest absolute Gasteiger partial charge is 0.280 e. The number of ether oxygens (including phenoxy) is 1. The molecule has 2 aromatic rings. The van der Waals surface area contributed by atoms with Gasteiger partial charge in [0.05, 0.1) is 6.21 Å². The summed E-state index contributed by atoms with van der Waals surface area (Å²) in [5.41, 5.74) is 3.35. The standard InChI is InChI=1S/C16H15ClN2O2/c1-12(21-15-9-7-14(17)8-10-15)16(20)19-18-11-13-5-3-2-4-6-13/h2-12H,1H3,(H,19,20)/b18-11+/t12-/m0/s1. The summed E-state index contributed by atoms with van der Waals surface area (Å²) in [5, 5.41) is 4.51. The summed E-state index contributed by atoms with van der Waals surface area (Å²) < 4.78 is 5.49. The van der Waals surface area contributed by atoms with E-state index in [0.717, 1.165) is 5.56 Å². The first-order chi connectivity index (χ1) is 10.1. The first-order valence-corrected chi connectivity index (χ1v) is 6.83. The van der Waals surface area contributed by atoms with Crippen LogP contribution in [0.1, 0.15) is 12.5 Å². The second-order valence-electron chi connectivity index (χ2n) is 4.36. The fraction of sp³-hybridized carbons (Fsp3) is 0.125. The lowest BCUT2D eigenvalue weighted by Crippen LogP contribution is -2.33. The summed E-state index contributed by atoms with van der Waals surface area (Å²) >= 11 is 5.78. The van der Waals surface area contributed by atoms with E-state index < -0.39 is 6.10 Å². The highest BCUT2D eigenvalue weighted by atomic mass is 35.5. The molecule has 0 spiro atoms. The maximum absolute atomic E-state index is 11.8. The average Bonchev–Trinajstić information content (AvgIpc) is 2.50. The number of carbonyl (C=O) groups excluding carboxylic acids is 1. The minimum atomic E-state index is -0.654. The van der Waals surface area contributed by atoms with Crippen molar-refractivity contribution in [3.8, 4) is 5.75 Å². The Kier molecular flexibility index (Phi) is 5.35. The lowest BCUT2D eigenvalue weighted by atomic mass is 10.2. The summed E-state index contributed by atoms with van der Waals surface area (Å²) in [6.45, 7) is 1.65. The first-order valence-electron chi connectivity index (χ1n) is 6.45. The molecule has 1 amide bonds. The Morgan fingerprint density at radius 1 is 1.19 bits per heavy atom. The number of halogens is 1. The molecule has 0 saturated heterocycles. The van der Waals surface area contributed by atoms with Gasteiger partial charge in [-0.05, 0) is 36.8 Å². The number of hydrazone groups is 1. The van der Waals surface area contributed by atoms with E-state index >= 15 is 0 Å². The molecule has 0 aliphatic rings. The Morgan fingerprint density at radius 2 is 1.86 bits per heavy atom. The van der Waals surface area contributed by atoms with Crippen LogP contribution in [0.15, 0.2) is 59.7 Å². The molecule has 1 N–H and O–H groups in total. The summed E-state index contributed by atoms with van der Waals surface area (Å²) in [6.07, 6.45) is 0.923. The van der Waals surface area contributed by atoms with Crippen molar-refractivity contribution in [1.29, 1.82) is 0 Å². The van der Waals surface area contributed by atoms with Crippen molar-refractivity contribution < 1.29 is 9.53 Å². The zero-order valence-corrected chi connectivity index (χ0v) is 12.2. The molecular formula is C16H15ClN2O2. The number of amides is 1. The number of benzene rings is 2. The molecule has 2 rings (SSSR count).